The molecule has 1 fully saturated rings. The summed E-state index contributed by atoms with van der Waals surface area (Å²) >= 11 is 5.46. The molecule has 0 saturated carbocycles. The first kappa shape index (κ1) is 13.3. The molecule has 0 bridgehead atoms. The molecule has 106 valence electrons. The van der Waals surface area contributed by atoms with Crippen molar-refractivity contribution in [3.05, 3.63) is 29.0 Å². The average molecular weight is 292 g/mol. The van der Waals surface area contributed by atoms with Gasteiger partial charge in [-0.2, -0.15) is 9.36 Å². The van der Waals surface area contributed by atoms with E-state index in [-0.39, 0.29) is 0 Å². The molecule has 0 spiro atoms. The summed E-state index contributed by atoms with van der Waals surface area (Å²) in [6, 6.07) is 7.64. The van der Waals surface area contributed by atoms with Crippen molar-refractivity contribution in [1.29, 1.82) is 0 Å². The minimum atomic E-state index is 0.634. The number of likely N-dealkylation sites (tertiary alicyclic amines) is 1. The lowest BCUT2D eigenvalue weighted by atomic mass is 10.3. The summed E-state index contributed by atoms with van der Waals surface area (Å²) in [4.78, 5) is 1.52. The van der Waals surface area contributed by atoms with Crippen molar-refractivity contribution in [2.75, 3.05) is 20.2 Å². The molecule has 1 aliphatic heterocycles. The zero-order valence-corrected chi connectivity index (χ0v) is 12.3. The lowest BCUT2D eigenvalue weighted by molar-refractivity contribution is -0.911. The Morgan fingerprint density at radius 3 is 2.55 bits per heavy atom. The molecule has 1 saturated heterocycles. The van der Waals surface area contributed by atoms with Gasteiger partial charge in [0.15, 0.2) is 6.67 Å². The zero-order chi connectivity index (χ0) is 13.9. The molecular formula is C13H18N5OS+. The number of benzene rings is 1. The number of hydrogen-bond acceptors (Lipinski definition) is 4. The Morgan fingerprint density at radius 2 is 1.90 bits per heavy atom. The molecule has 0 aliphatic carbocycles. The largest absolute Gasteiger partial charge is 0.497 e. The number of tetrazole rings is 1. The molecular weight excluding hydrogens is 274 g/mol. The highest BCUT2D eigenvalue weighted by molar-refractivity contribution is 7.71. The van der Waals surface area contributed by atoms with Gasteiger partial charge in [0.1, 0.15) is 5.75 Å². The highest BCUT2D eigenvalue weighted by Crippen LogP contribution is 2.14. The number of aromatic nitrogens is 4. The summed E-state index contributed by atoms with van der Waals surface area (Å²) in [5.41, 5.74) is 0.901. The van der Waals surface area contributed by atoms with Gasteiger partial charge in [0.05, 0.1) is 25.9 Å². The Kier molecular flexibility index (Phi) is 3.79. The second-order valence-electron chi connectivity index (χ2n) is 4.99. The minimum Gasteiger partial charge on any atom is -0.497 e. The maximum Gasteiger partial charge on any atom is 0.225 e. The van der Waals surface area contributed by atoms with Crippen LogP contribution in [0.5, 0.6) is 5.75 Å². The fourth-order valence-corrected chi connectivity index (χ4v) is 2.75. The van der Waals surface area contributed by atoms with Gasteiger partial charge in [-0.05, 0) is 46.9 Å². The Balaban J connectivity index is 1.83. The van der Waals surface area contributed by atoms with Gasteiger partial charge in [0.2, 0.25) is 4.77 Å². The smallest absolute Gasteiger partial charge is 0.225 e. The molecule has 0 atom stereocenters. The third kappa shape index (κ3) is 2.59. The maximum atomic E-state index is 5.46. The molecule has 3 rings (SSSR count). The molecule has 1 N–H and O–H groups in total. The first-order valence-corrected chi connectivity index (χ1v) is 7.19. The molecule has 1 aromatic heterocycles. The SMILES string of the molecule is COc1ccc(-n2nnn(C[NH+]3CCCC3)c2=S)cc1. The van der Waals surface area contributed by atoms with E-state index in [1.807, 2.05) is 24.3 Å². The number of nitrogens with zero attached hydrogens (tertiary/aromatic N) is 4. The minimum absolute atomic E-state index is 0.634. The van der Waals surface area contributed by atoms with Crippen molar-refractivity contribution in [3.8, 4) is 11.4 Å². The van der Waals surface area contributed by atoms with Crippen LogP contribution in [0.1, 0.15) is 12.8 Å². The predicted molar refractivity (Wildman–Crippen MR) is 76.7 cm³/mol. The van der Waals surface area contributed by atoms with E-state index in [1.54, 1.807) is 16.5 Å². The third-order valence-electron chi connectivity index (χ3n) is 3.64. The summed E-state index contributed by atoms with van der Waals surface area (Å²) in [6.45, 7) is 3.18. The Hall–Kier alpha value is -1.73. The highest BCUT2D eigenvalue weighted by atomic mass is 32.1. The normalized spacial score (nSPS) is 15.7. The van der Waals surface area contributed by atoms with Crippen LogP contribution in [0.3, 0.4) is 0 Å². The average Bonchev–Trinajstić information content (AvgIpc) is 3.11. The quantitative estimate of drug-likeness (QED) is 0.831. The van der Waals surface area contributed by atoms with Crippen molar-refractivity contribution < 1.29 is 9.64 Å². The summed E-state index contributed by atoms with van der Waals surface area (Å²) in [6.07, 6.45) is 2.57. The van der Waals surface area contributed by atoms with Crippen LogP contribution >= 0.6 is 12.2 Å². The molecule has 0 radical (unpaired) electrons. The summed E-state index contributed by atoms with van der Waals surface area (Å²) in [5, 5.41) is 8.33. The predicted octanol–water partition coefficient (Wildman–Crippen LogP) is 0.443. The lowest BCUT2D eigenvalue weighted by Gasteiger charge is -2.10. The molecule has 20 heavy (non-hydrogen) atoms. The molecule has 0 amide bonds. The number of methoxy groups -OCH3 is 1. The summed E-state index contributed by atoms with van der Waals surface area (Å²) < 4.78 is 9.27. The van der Waals surface area contributed by atoms with E-state index in [9.17, 15) is 0 Å². The second-order valence-corrected chi connectivity index (χ2v) is 5.35. The van der Waals surface area contributed by atoms with Gasteiger partial charge in [-0.3, -0.25) is 0 Å². The first-order valence-electron chi connectivity index (χ1n) is 6.79. The maximum absolute atomic E-state index is 5.46. The number of nitrogens with one attached hydrogen (secondary N) is 1. The van der Waals surface area contributed by atoms with Crippen LogP contribution in [0.15, 0.2) is 24.3 Å². The van der Waals surface area contributed by atoms with Crippen molar-refractivity contribution in [1.82, 2.24) is 19.8 Å². The van der Waals surface area contributed by atoms with Crippen LogP contribution in [-0.4, -0.2) is 40.0 Å². The zero-order valence-electron chi connectivity index (χ0n) is 11.5. The number of hydrogen-bond donors (Lipinski definition) is 1. The van der Waals surface area contributed by atoms with Gasteiger partial charge >= 0.3 is 0 Å². The van der Waals surface area contributed by atoms with Gasteiger partial charge < -0.3 is 9.64 Å². The van der Waals surface area contributed by atoms with E-state index < -0.39 is 0 Å². The van der Waals surface area contributed by atoms with E-state index in [0.717, 1.165) is 18.1 Å². The molecule has 2 heterocycles. The first-order chi connectivity index (χ1) is 9.78. The van der Waals surface area contributed by atoms with Crippen molar-refractivity contribution in [3.63, 3.8) is 0 Å². The van der Waals surface area contributed by atoms with Gasteiger partial charge in [-0.25, -0.2) is 0 Å². The van der Waals surface area contributed by atoms with Crippen molar-refractivity contribution in [2.45, 2.75) is 19.5 Å². The Bertz CT molecular complexity index is 627. The van der Waals surface area contributed by atoms with Gasteiger partial charge in [-0.1, -0.05) is 0 Å². The van der Waals surface area contributed by atoms with Crippen LogP contribution in [0, 0.1) is 4.77 Å². The van der Waals surface area contributed by atoms with Crippen LogP contribution in [0.2, 0.25) is 0 Å². The lowest BCUT2D eigenvalue weighted by Crippen LogP contribution is -3.09. The Morgan fingerprint density at radius 1 is 1.20 bits per heavy atom. The topological polar surface area (TPSA) is 49.3 Å². The van der Waals surface area contributed by atoms with Gasteiger partial charge in [0.25, 0.3) is 0 Å². The Labute approximate surface area is 122 Å². The molecule has 0 unspecified atom stereocenters. The van der Waals surface area contributed by atoms with Crippen molar-refractivity contribution >= 4 is 12.2 Å². The van der Waals surface area contributed by atoms with Crippen molar-refractivity contribution in [2.24, 2.45) is 0 Å². The monoisotopic (exact) mass is 292 g/mol. The van der Waals surface area contributed by atoms with E-state index in [4.69, 9.17) is 17.0 Å². The third-order valence-corrected chi connectivity index (χ3v) is 4.02. The van der Waals surface area contributed by atoms with Crippen LogP contribution in [0.25, 0.3) is 5.69 Å². The van der Waals surface area contributed by atoms with Gasteiger partial charge in [0, 0.05) is 12.8 Å². The molecule has 2 aromatic rings. The highest BCUT2D eigenvalue weighted by Gasteiger charge is 2.17. The second kappa shape index (κ2) is 5.72. The molecule has 1 aromatic carbocycles. The fraction of sp³-hybridized carbons (Fsp3) is 0.462. The number of ether oxygens (including phenoxy) is 1. The summed E-state index contributed by atoms with van der Waals surface area (Å²) in [5.74, 6) is 0.814. The van der Waals surface area contributed by atoms with E-state index in [2.05, 4.69) is 10.4 Å². The fourth-order valence-electron chi connectivity index (χ4n) is 2.50. The van der Waals surface area contributed by atoms with Gasteiger partial charge in [-0.15, -0.1) is 0 Å². The standard InChI is InChI=1S/C13H17N5OS/c1-19-12-6-4-11(5-7-12)18-13(20)17(14-15-18)10-16-8-2-3-9-16/h4-7H,2-3,8-10H2,1H3/p+1. The number of rotatable bonds is 4. The summed E-state index contributed by atoms with van der Waals surface area (Å²) in [7, 11) is 1.65. The molecule has 7 heteroatoms. The van der Waals surface area contributed by atoms with Crippen LogP contribution in [0.4, 0.5) is 0 Å². The van der Waals surface area contributed by atoms with Crippen LogP contribution in [-0.2, 0) is 6.67 Å². The molecule has 6 nitrogen and oxygen atoms in total. The molecule has 1 aliphatic rings. The van der Waals surface area contributed by atoms with Crippen LogP contribution < -0.4 is 9.64 Å². The van der Waals surface area contributed by atoms with E-state index in [0.29, 0.717) is 4.77 Å². The van der Waals surface area contributed by atoms with E-state index >= 15 is 0 Å². The van der Waals surface area contributed by atoms with E-state index in [1.165, 1.54) is 30.8 Å². The number of quaternary nitrogens is 1.